The molecule has 1 atom stereocenters. The van der Waals surface area contributed by atoms with Crippen LogP contribution in [0.1, 0.15) is 40.8 Å². The highest BCUT2D eigenvalue weighted by atomic mass is 19.1. The summed E-state index contributed by atoms with van der Waals surface area (Å²) < 4.78 is 18.0. The van der Waals surface area contributed by atoms with Gasteiger partial charge in [0.2, 0.25) is 5.76 Å². The maximum atomic E-state index is 13.0. The van der Waals surface area contributed by atoms with Crippen molar-refractivity contribution < 1.29 is 18.8 Å². The van der Waals surface area contributed by atoms with Crippen molar-refractivity contribution in [2.45, 2.75) is 25.9 Å². The van der Waals surface area contributed by atoms with Gasteiger partial charge in [0.25, 0.3) is 5.91 Å². The number of nitrogens with zero attached hydrogens (tertiary/aromatic N) is 2. The number of benzene rings is 1. The smallest absolute Gasteiger partial charge is 0.292 e. The number of halogens is 1. The number of amides is 1. The van der Waals surface area contributed by atoms with Crippen molar-refractivity contribution in [1.82, 2.24) is 10.1 Å². The fourth-order valence-electron chi connectivity index (χ4n) is 2.97. The molecule has 0 spiro atoms. The molecule has 1 N–H and O–H groups in total. The summed E-state index contributed by atoms with van der Waals surface area (Å²) in [6, 6.07) is 7.54. The van der Waals surface area contributed by atoms with Gasteiger partial charge in [-0.05, 0) is 43.4 Å². The highest BCUT2D eigenvalue weighted by Crippen LogP contribution is 2.31. The second-order valence-electron chi connectivity index (χ2n) is 5.96. The van der Waals surface area contributed by atoms with Crippen LogP contribution in [0.25, 0.3) is 0 Å². The van der Waals surface area contributed by atoms with Gasteiger partial charge in [-0.3, -0.25) is 4.79 Å². The van der Waals surface area contributed by atoms with Crippen LogP contribution in [0.2, 0.25) is 0 Å². The third kappa shape index (κ3) is 3.42. The van der Waals surface area contributed by atoms with E-state index >= 15 is 0 Å². The standard InChI is InChI=1S/C17H19FN2O3/c1-11-10-15(23-19-11)17(22)20-8-6-13(7-9-20)16(21)12-2-4-14(18)5-3-12/h2-5,10,13,16,21H,6-9H2,1H3. The molecule has 1 fully saturated rings. The molecule has 1 saturated heterocycles. The number of aliphatic hydroxyl groups is 1. The van der Waals surface area contributed by atoms with Crippen molar-refractivity contribution in [3.8, 4) is 0 Å². The van der Waals surface area contributed by atoms with Gasteiger partial charge in [-0.2, -0.15) is 0 Å². The molecule has 0 aliphatic carbocycles. The first kappa shape index (κ1) is 15.7. The van der Waals surface area contributed by atoms with Gasteiger partial charge in [0.1, 0.15) is 5.82 Å². The van der Waals surface area contributed by atoms with Crippen LogP contribution in [-0.2, 0) is 0 Å². The molecule has 0 radical (unpaired) electrons. The van der Waals surface area contributed by atoms with E-state index < -0.39 is 6.10 Å². The first-order valence-corrected chi connectivity index (χ1v) is 7.70. The molecule has 1 aliphatic rings. The number of carbonyl (C=O) groups excluding carboxylic acids is 1. The zero-order chi connectivity index (χ0) is 16.4. The fraction of sp³-hybridized carbons (Fsp3) is 0.412. The molecule has 0 saturated carbocycles. The number of piperidine rings is 1. The van der Waals surface area contributed by atoms with E-state index in [0.29, 0.717) is 37.2 Å². The van der Waals surface area contributed by atoms with Crippen molar-refractivity contribution in [1.29, 1.82) is 0 Å². The summed E-state index contributed by atoms with van der Waals surface area (Å²) in [6.45, 7) is 2.88. The Bertz CT molecular complexity index is 675. The molecule has 3 rings (SSSR count). The quantitative estimate of drug-likeness (QED) is 0.945. The largest absolute Gasteiger partial charge is 0.388 e. The lowest BCUT2D eigenvalue weighted by molar-refractivity contribution is 0.0436. The third-order valence-electron chi connectivity index (χ3n) is 4.32. The Kier molecular flexibility index (Phi) is 4.43. The maximum absolute atomic E-state index is 13.0. The zero-order valence-corrected chi connectivity index (χ0v) is 12.9. The number of hydrogen-bond donors (Lipinski definition) is 1. The predicted molar refractivity (Wildman–Crippen MR) is 81.2 cm³/mol. The lowest BCUT2D eigenvalue weighted by Crippen LogP contribution is -2.39. The van der Waals surface area contributed by atoms with Crippen molar-refractivity contribution in [3.05, 3.63) is 53.2 Å². The average molecular weight is 318 g/mol. The minimum Gasteiger partial charge on any atom is -0.388 e. The van der Waals surface area contributed by atoms with E-state index in [1.54, 1.807) is 30.0 Å². The highest BCUT2D eigenvalue weighted by molar-refractivity contribution is 5.91. The average Bonchev–Trinajstić information content (AvgIpc) is 3.01. The van der Waals surface area contributed by atoms with Gasteiger partial charge in [0.05, 0.1) is 11.8 Å². The van der Waals surface area contributed by atoms with Crippen molar-refractivity contribution >= 4 is 5.91 Å². The SMILES string of the molecule is Cc1cc(C(=O)N2CCC(C(O)c3ccc(F)cc3)CC2)on1. The van der Waals surface area contributed by atoms with Gasteiger partial charge in [-0.25, -0.2) is 4.39 Å². The minimum atomic E-state index is -0.639. The number of rotatable bonds is 3. The summed E-state index contributed by atoms with van der Waals surface area (Å²) in [5, 5.41) is 14.2. The molecule has 2 heterocycles. The molecular weight excluding hydrogens is 299 g/mol. The van der Waals surface area contributed by atoms with Crippen LogP contribution in [0.15, 0.2) is 34.9 Å². The number of hydrogen-bond acceptors (Lipinski definition) is 4. The molecule has 1 amide bonds. The Morgan fingerprint density at radius 1 is 1.35 bits per heavy atom. The molecule has 23 heavy (non-hydrogen) atoms. The Morgan fingerprint density at radius 3 is 2.57 bits per heavy atom. The van der Waals surface area contributed by atoms with Crippen LogP contribution in [0.3, 0.4) is 0 Å². The second kappa shape index (κ2) is 6.50. The van der Waals surface area contributed by atoms with Crippen LogP contribution in [-0.4, -0.2) is 34.2 Å². The lowest BCUT2D eigenvalue weighted by atomic mass is 9.87. The summed E-state index contributed by atoms with van der Waals surface area (Å²) in [7, 11) is 0. The van der Waals surface area contributed by atoms with E-state index in [4.69, 9.17) is 4.52 Å². The number of aromatic nitrogens is 1. The monoisotopic (exact) mass is 318 g/mol. The highest BCUT2D eigenvalue weighted by Gasteiger charge is 2.29. The van der Waals surface area contributed by atoms with Gasteiger partial charge in [0, 0.05) is 19.2 Å². The van der Waals surface area contributed by atoms with E-state index in [-0.39, 0.29) is 23.4 Å². The Labute approximate surface area is 133 Å². The number of aryl methyl sites for hydroxylation is 1. The predicted octanol–water partition coefficient (Wildman–Crippen LogP) is 2.71. The van der Waals surface area contributed by atoms with Gasteiger partial charge in [0.15, 0.2) is 0 Å². The summed E-state index contributed by atoms with van der Waals surface area (Å²) >= 11 is 0. The van der Waals surface area contributed by atoms with Crippen molar-refractivity contribution in [3.63, 3.8) is 0 Å². The molecule has 6 heteroatoms. The van der Waals surface area contributed by atoms with Crippen LogP contribution in [0, 0.1) is 18.7 Å². The van der Waals surface area contributed by atoms with Gasteiger partial charge < -0.3 is 14.5 Å². The number of aliphatic hydroxyl groups excluding tert-OH is 1. The van der Waals surface area contributed by atoms with E-state index in [0.717, 1.165) is 0 Å². The molecule has 122 valence electrons. The summed E-state index contributed by atoms with van der Waals surface area (Å²) in [5.74, 6) is -0.176. The lowest BCUT2D eigenvalue weighted by Gasteiger charge is -2.33. The van der Waals surface area contributed by atoms with Crippen LogP contribution < -0.4 is 0 Å². The van der Waals surface area contributed by atoms with E-state index in [1.165, 1.54) is 12.1 Å². The van der Waals surface area contributed by atoms with Crippen LogP contribution in [0.5, 0.6) is 0 Å². The van der Waals surface area contributed by atoms with E-state index in [1.807, 2.05) is 0 Å². The molecule has 1 aliphatic heterocycles. The van der Waals surface area contributed by atoms with Gasteiger partial charge in [-0.1, -0.05) is 17.3 Å². The number of carbonyl (C=O) groups is 1. The molecular formula is C17H19FN2O3. The normalized spacial score (nSPS) is 17.3. The second-order valence-corrected chi connectivity index (χ2v) is 5.96. The van der Waals surface area contributed by atoms with Crippen LogP contribution >= 0.6 is 0 Å². The Hall–Kier alpha value is -2.21. The first-order valence-electron chi connectivity index (χ1n) is 7.70. The van der Waals surface area contributed by atoms with Crippen molar-refractivity contribution in [2.24, 2.45) is 5.92 Å². The summed E-state index contributed by atoms with van der Waals surface area (Å²) in [6.07, 6.45) is 0.745. The van der Waals surface area contributed by atoms with Gasteiger partial charge >= 0.3 is 0 Å². The van der Waals surface area contributed by atoms with Gasteiger partial charge in [-0.15, -0.1) is 0 Å². The molecule has 1 aromatic heterocycles. The molecule has 0 bridgehead atoms. The summed E-state index contributed by atoms with van der Waals surface area (Å²) in [5.41, 5.74) is 1.39. The fourth-order valence-corrected chi connectivity index (χ4v) is 2.97. The van der Waals surface area contributed by atoms with E-state index in [2.05, 4.69) is 5.16 Å². The third-order valence-corrected chi connectivity index (χ3v) is 4.32. The molecule has 1 aromatic carbocycles. The maximum Gasteiger partial charge on any atom is 0.292 e. The topological polar surface area (TPSA) is 66.6 Å². The minimum absolute atomic E-state index is 0.0565. The van der Waals surface area contributed by atoms with E-state index in [9.17, 15) is 14.3 Å². The molecule has 5 nitrogen and oxygen atoms in total. The Balaban J connectivity index is 1.59. The Morgan fingerprint density at radius 2 is 2.00 bits per heavy atom. The first-order chi connectivity index (χ1) is 11.0. The summed E-state index contributed by atoms with van der Waals surface area (Å²) in [4.78, 5) is 14.0. The van der Waals surface area contributed by atoms with Crippen LogP contribution in [0.4, 0.5) is 4.39 Å². The molecule has 2 aromatic rings. The number of likely N-dealkylation sites (tertiary alicyclic amines) is 1. The zero-order valence-electron chi connectivity index (χ0n) is 12.9. The molecule has 1 unspecified atom stereocenters. The van der Waals surface area contributed by atoms with Crippen molar-refractivity contribution in [2.75, 3.05) is 13.1 Å².